The monoisotopic (exact) mass is 190 g/mol. The molecule has 1 aliphatic rings. The van der Waals surface area contributed by atoms with Crippen molar-refractivity contribution in [1.82, 2.24) is 0 Å². The molecule has 0 fully saturated rings. The Bertz CT molecular complexity index is 373. The molecule has 0 radical (unpaired) electrons. The van der Waals surface area contributed by atoms with Gasteiger partial charge in [0.1, 0.15) is 11.5 Å². The van der Waals surface area contributed by atoms with Gasteiger partial charge in [-0.1, -0.05) is 0 Å². The maximum Gasteiger partial charge on any atom is 0.144 e. The van der Waals surface area contributed by atoms with Gasteiger partial charge in [0.05, 0.1) is 7.11 Å². The van der Waals surface area contributed by atoms with Crippen LogP contribution in [0.4, 0.5) is 0 Å². The number of rotatable bonds is 2. The van der Waals surface area contributed by atoms with Crippen LogP contribution >= 0.6 is 0 Å². The second-order valence-electron chi connectivity index (χ2n) is 3.26. The van der Waals surface area contributed by atoms with Crippen LogP contribution in [0.2, 0.25) is 0 Å². The van der Waals surface area contributed by atoms with Gasteiger partial charge >= 0.3 is 0 Å². The van der Waals surface area contributed by atoms with E-state index in [0.717, 1.165) is 11.1 Å². The molecule has 0 unspecified atom stereocenters. The molecule has 0 aromatic carbocycles. The Labute approximate surface area is 83.8 Å². The highest BCUT2D eigenvalue weighted by Crippen LogP contribution is 2.19. The Morgan fingerprint density at radius 3 is 2.57 bits per heavy atom. The minimum Gasteiger partial charge on any atom is -0.494 e. The van der Waals surface area contributed by atoms with E-state index in [0.29, 0.717) is 17.2 Å². The van der Waals surface area contributed by atoms with Crippen molar-refractivity contribution in [3.05, 3.63) is 35.1 Å². The molecule has 0 atom stereocenters. The van der Waals surface area contributed by atoms with E-state index in [1.165, 1.54) is 0 Å². The fourth-order valence-electron chi connectivity index (χ4n) is 1.29. The van der Waals surface area contributed by atoms with Gasteiger partial charge in [0.15, 0.2) is 0 Å². The van der Waals surface area contributed by atoms with E-state index < -0.39 is 0 Å². The van der Waals surface area contributed by atoms with Crippen LogP contribution in [0.3, 0.4) is 0 Å². The van der Waals surface area contributed by atoms with E-state index in [4.69, 9.17) is 15.6 Å². The van der Waals surface area contributed by atoms with Crippen LogP contribution in [-0.2, 0) is 4.74 Å². The average Bonchev–Trinajstić information content (AvgIpc) is 2.09. The molecule has 0 saturated carbocycles. The van der Waals surface area contributed by atoms with Crippen molar-refractivity contribution >= 4 is 11.4 Å². The molecule has 14 heavy (non-hydrogen) atoms. The van der Waals surface area contributed by atoms with E-state index in [2.05, 4.69) is 0 Å². The summed E-state index contributed by atoms with van der Waals surface area (Å²) in [6.45, 7) is 3.63. The van der Waals surface area contributed by atoms with Crippen LogP contribution < -0.4 is 0 Å². The molecule has 1 aliphatic carbocycles. The lowest BCUT2D eigenvalue weighted by molar-refractivity contribution is 0.314. The molecular weight excluding hydrogens is 176 g/mol. The summed E-state index contributed by atoms with van der Waals surface area (Å²) in [5.41, 5.74) is 2.54. The Kier molecular flexibility index (Phi) is 3.02. The Morgan fingerprint density at radius 2 is 2.07 bits per heavy atom. The van der Waals surface area contributed by atoms with Crippen LogP contribution in [-0.4, -0.2) is 18.5 Å². The molecule has 74 valence electrons. The highest BCUT2D eigenvalue weighted by molar-refractivity contribution is 6.15. The summed E-state index contributed by atoms with van der Waals surface area (Å²) in [5.74, 6) is 0.553. The van der Waals surface area contributed by atoms with Gasteiger partial charge in [0.25, 0.3) is 0 Å². The van der Waals surface area contributed by atoms with Crippen LogP contribution in [0.1, 0.15) is 13.8 Å². The molecule has 0 bridgehead atoms. The van der Waals surface area contributed by atoms with Gasteiger partial charge < -0.3 is 10.1 Å². The zero-order chi connectivity index (χ0) is 10.7. The maximum atomic E-state index is 7.78. The van der Waals surface area contributed by atoms with Crippen LogP contribution in [0.5, 0.6) is 0 Å². The fourth-order valence-corrected chi connectivity index (χ4v) is 1.29. The minimum absolute atomic E-state index is 0.338. The largest absolute Gasteiger partial charge is 0.494 e. The third-order valence-corrected chi connectivity index (χ3v) is 1.87. The second kappa shape index (κ2) is 4.05. The number of hydrogen-bond donors (Lipinski definition) is 2. The molecule has 0 aliphatic heterocycles. The van der Waals surface area contributed by atoms with Gasteiger partial charge in [-0.25, -0.2) is 0 Å². The van der Waals surface area contributed by atoms with Gasteiger partial charge in [-0.05, 0) is 37.6 Å². The molecule has 0 aromatic heterocycles. The SMILES string of the molecule is COC1=CC(C)=C/C(=C/C(C)=N)C1=N. The molecule has 0 amide bonds. The van der Waals surface area contributed by atoms with Crippen LogP contribution in [0.25, 0.3) is 0 Å². The lowest BCUT2D eigenvalue weighted by atomic mass is 9.98. The standard InChI is InChI=1S/C11H14N2O/c1-7-4-9(6-8(2)12)11(13)10(5-7)14-3/h4-6,12-13H,1-3H3/b9-6-,12-8?,13-11?. The number of methoxy groups -OCH3 is 1. The van der Waals surface area contributed by atoms with Crippen LogP contribution in [0, 0.1) is 10.8 Å². The van der Waals surface area contributed by atoms with Gasteiger partial charge in [-0.3, -0.25) is 5.41 Å². The fraction of sp³-hybridized carbons (Fsp3) is 0.273. The number of allylic oxidation sites excluding steroid dienone is 5. The second-order valence-corrected chi connectivity index (χ2v) is 3.26. The first kappa shape index (κ1) is 10.4. The van der Waals surface area contributed by atoms with Crippen molar-refractivity contribution in [2.75, 3.05) is 7.11 Å². The summed E-state index contributed by atoms with van der Waals surface area (Å²) in [6.07, 6.45) is 5.36. The van der Waals surface area contributed by atoms with Crippen molar-refractivity contribution in [2.45, 2.75) is 13.8 Å². The maximum absolute atomic E-state index is 7.78. The zero-order valence-electron chi connectivity index (χ0n) is 8.64. The van der Waals surface area contributed by atoms with Crippen molar-refractivity contribution in [2.24, 2.45) is 0 Å². The van der Waals surface area contributed by atoms with Gasteiger partial charge in [0, 0.05) is 11.3 Å². The lowest BCUT2D eigenvalue weighted by Crippen LogP contribution is -2.11. The number of ether oxygens (including phenoxy) is 1. The van der Waals surface area contributed by atoms with Crippen molar-refractivity contribution in [3.8, 4) is 0 Å². The van der Waals surface area contributed by atoms with Crippen molar-refractivity contribution in [1.29, 1.82) is 10.8 Å². The van der Waals surface area contributed by atoms with E-state index in [1.54, 1.807) is 20.1 Å². The normalized spacial score (nSPS) is 19.1. The zero-order valence-corrected chi connectivity index (χ0v) is 8.64. The molecular formula is C11H14N2O. The molecule has 0 spiro atoms. The van der Waals surface area contributed by atoms with Gasteiger partial charge in [-0.15, -0.1) is 0 Å². The molecule has 2 N–H and O–H groups in total. The molecule has 0 aromatic rings. The topological polar surface area (TPSA) is 56.9 Å². The van der Waals surface area contributed by atoms with E-state index in [-0.39, 0.29) is 0 Å². The first-order chi connectivity index (χ1) is 6.54. The third kappa shape index (κ3) is 2.19. The summed E-state index contributed by atoms with van der Waals surface area (Å²) in [6, 6.07) is 0. The molecule has 0 saturated heterocycles. The predicted octanol–water partition coefficient (Wildman–Crippen LogP) is 2.46. The molecule has 3 nitrogen and oxygen atoms in total. The smallest absolute Gasteiger partial charge is 0.144 e. The summed E-state index contributed by atoms with van der Waals surface area (Å²) in [4.78, 5) is 0. The van der Waals surface area contributed by atoms with E-state index in [1.807, 2.05) is 19.1 Å². The van der Waals surface area contributed by atoms with Crippen molar-refractivity contribution < 1.29 is 4.74 Å². The van der Waals surface area contributed by atoms with Crippen molar-refractivity contribution in [3.63, 3.8) is 0 Å². The Hall–Kier alpha value is -1.64. The first-order valence-corrected chi connectivity index (χ1v) is 4.34. The highest BCUT2D eigenvalue weighted by atomic mass is 16.5. The van der Waals surface area contributed by atoms with Gasteiger partial charge in [0.2, 0.25) is 0 Å². The Morgan fingerprint density at radius 1 is 1.43 bits per heavy atom. The summed E-state index contributed by atoms with van der Waals surface area (Å²) < 4.78 is 5.07. The number of nitrogens with one attached hydrogen (secondary N) is 2. The summed E-state index contributed by atoms with van der Waals surface area (Å²) >= 11 is 0. The molecule has 1 rings (SSSR count). The van der Waals surface area contributed by atoms with Gasteiger partial charge in [-0.2, -0.15) is 0 Å². The van der Waals surface area contributed by atoms with E-state index >= 15 is 0 Å². The molecule has 0 heterocycles. The summed E-state index contributed by atoms with van der Waals surface area (Å²) in [7, 11) is 1.55. The Balaban J connectivity index is 3.10. The summed E-state index contributed by atoms with van der Waals surface area (Å²) in [5, 5.41) is 15.1. The number of hydrogen-bond acceptors (Lipinski definition) is 3. The predicted molar refractivity (Wildman–Crippen MR) is 58.1 cm³/mol. The van der Waals surface area contributed by atoms with Crippen LogP contribution in [0.15, 0.2) is 35.1 Å². The first-order valence-electron chi connectivity index (χ1n) is 4.34. The minimum atomic E-state index is 0.338. The quantitative estimate of drug-likeness (QED) is 0.645. The molecule has 3 heteroatoms. The average molecular weight is 190 g/mol. The van der Waals surface area contributed by atoms with E-state index in [9.17, 15) is 0 Å². The lowest BCUT2D eigenvalue weighted by Gasteiger charge is -2.14. The third-order valence-electron chi connectivity index (χ3n) is 1.87. The highest BCUT2D eigenvalue weighted by Gasteiger charge is 2.14.